The number of anilines is 1. The van der Waals surface area contributed by atoms with E-state index in [4.69, 9.17) is 4.74 Å². The fraction of sp³-hybridized carbons (Fsp3) is 0.500. The van der Waals surface area contributed by atoms with Crippen LogP contribution in [0.1, 0.15) is 61.9 Å². The molecule has 2 aliphatic rings. The number of fused-ring (bicyclic) bond motifs is 1. The van der Waals surface area contributed by atoms with E-state index in [1.807, 2.05) is 6.92 Å². The molecule has 8 nitrogen and oxygen atoms in total. The highest BCUT2D eigenvalue weighted by molar-refractivity contribution is 5.97. The molecule has 0 bridgehead atoms. The first-order valence-corrected chi connectivity index (χ1v) is 13.6. The molecule has 2 N–H and O–H groups in total. The number of nitrogens with one attached hydrogen (secondary N) is 1. The lowest BCUT2D eigenvalue weighted by Crippen LogP contribution is -2.50. The fourth-order valence-corrected chi connectivity index (χ4v) is 5.01. The van der Waals surface area contributed by atoms with Crippen molar-refractivity contribution in [1.29, 1.82) is 0 Å². The quantitative estimate of drug-likeness (QED) is 0.529. The number of aromatic nitrogens is 1. The second-order valence-electron chi connectivity index (χ2n) is 10.7. The van der Waals surface area contributed by atoms with Crippen LogP contribution in [0, 0.1) is 29.5 Å². The van der Waals surface area contributed by atoms with Gasteiger partial charge >= 0.3 is 6.03 Å². The number of hydrogen-bond donors (Lipinski definition) is 2. The molecule has 9 heteroatoms. The van der Waals surface area contributed by atoms with Gasteiger partial charge in [0.05, 0.1) is 19.2 Å². The van der Waals surface area contributed by atoms with Gasteiger partial charge in [0, 0.05) is 43.4 Å². The van der Waals surface area contributed by atoms with Gasteiger partial charge in [-0.25, -0.2) is 14.2 Å². The number of ether oxygens (including phenoxy) is 1. The van der Waals surface area contributed by atoms with Crippen LogP contribution in [0.15, 0.2) is 36.5 Å². The first-order chi connectivity index (χ1) is 18.7. The molecule has 39 heavy (non-hydrogen) atoms. The van der Waals surface area contributed by atoms with E-state index in [0.717, 1.165) is 6.42 Å². The Morgan fingerprint density at radius 2 is 2.03 bits per heavy atom. The Bertz CT molecular complexity index is 1220. The van der Waals surface area contributed by atoms with Crippen LogP contribution in [-0.2, 0) is 0 Å². The maximum Gasteiger partial charge on any atom is 0.321 e. The zero-order chi connectivity index (χ0) is 27.9. The first-order valence-electron chi connectivity index (χ1n) is 13.6. The molecular weight excluding hydrogens is 499 g/mol. The molecule has 0 saturated heterocycles. The lowest BCUT2D eigenvalue weighted by atomic mass is 10.00. The number of likely N-dealkylation sites (N-methyl/N-ethyl adjacent to an activating group) is 1. The van der Waals surface area contributed by atoms with E-state index >= 15 is 0 Å². The van der Waals surface area contributed by atoms with Crippen molar-refractivity contribution in [3.8, 4) is 17.7 Å². The lowest BCUT2D eigenvalue weighted by Gasteiger charge is -2.37. The first kappa shape index (κ1) is 28.4. The molecule has 1 saturated carbocycles. The van der Waals surface area contributed by atoms with Gasteiger partial charge in [0.2, 0.25) is 5.88 Å². The molecule has 3 amide bonds. The lowest BCUT2D eigenvalue weighted by molar-refractivity contribution is 0.0356. The monoisotopic (exact) mass is 536 g/mol. The van der Waals surface area contributed by atoms with Crippen LogP contribution in [0.2, 0.25) is 0 Å². The van der Waals surface area contributed by atoms with Crippen LogP contribution < -0.4 is 10.1 Å². The van der Waals surface area contributed by atoms with Crippen molar-refractivity contribution in [2.24, 2.45) is 11.8 Å². The predicted molar refractivity (Wildman–Crippen MR) is 147 cm³/mol. The number of amides is 3. The number of nitrogens with zero attached hydrogens (tertiary/aromatic N) is 3. The van der Waals surface area contributed by atoms with Crippen molar-refractivity contribution in [3.63, 3.8) is 0 Å². The summed E-state index contributed by atoms with van der Waals surface area (Å²) in [5.41, 5.74) is 1.40. The molecular formula is C30H37FN4O4. The zero-order valence-electron chi connectivity index (χ0n) is 22.8. The van der Waals surface area contributed by atoms with Gasteiger partial charge < -0.3 is 25.0 Å². The van der Waals surface area contributed by atoms with Crippen molar-refractivity contribution >= 4 is 17.6 Å². The van der Waals surface area contributed by atoms with Crippen LogP contribution in [0.5, 0.6) is 5.88 Å². The zero-order valence-corrected chi connectivity index (χ0v) is 22.8. The molecule has 1 aliphatic carbocycles. The van der Waals surface area contributed by atoms with Gasteiger partial charge in [-0.05, 0) is 56.0 Å². The van der Waals surface area contributed by atoms with E-state index in [9.17, 15) is 19.1 Å². The Balaban J connectivity index is 1.54. The summed E-state index contributed by atoms with van der Waals surface area (Å²) >= 11 is 0. The SMILES string of the molecule is CC(CO)N1C[C@H](C)[C@H](CN(C)C(=O)Nc2ccc(F)cc2)Oc2ncc(C#CCC3CCCC3)cc2C1=O. The number of pyridine rings is 1. The van der Waals surface area contributed by atoms with Crippen LogP contribution >= 0.6 is 0 Å². The topological polar surface area (TPSA) is 95.0 Å². The van der Waals surface area contributed by atoms with Gasteiger partial charge in [0.1, 0.15) is 17.5 Å². The highest BCUT2D eigenvalue weighted by Crippen LogP contribution is 2.28. The number of halogens is 1. The average molecular weight is 537 g/mol. The molecule has 0 spiro atoms. The van der Waals surface area contributed by atoms with Crippen molar-refractivity contribution in [2.45, 2.75) is 58.1 Å². The second kappa shape index (κ2) is 12.9. The largest absolute Gasteiger partial charge is 0.472 e. The van der Waals surface area contributed by atoms with Crippen LogP contribution in [0.4, 0.5) is 14.9 Å². The maximum atomic E-state index is 13.6. The Hall–Kier alpha value is -3.64. The van der Waals surface area contributed by atoms with E-state index in [1.165, 1.54) is 54.8 Å². The van der Waals surface area contributed by atoms with E-state index in [-0.39, 0.29) is 42.7 Å². The Morgan fingerprint density at radius 3 is 2.72 bits per heavy atom. The van der Waals surface area contributed by atoms with Gasteiger partial charge in [-0.1, -0.05) is 31.6 Å². The molecule has 1 fully saturated rings. The number of aliphatic hydroxyl groups excluding tert-OH is 1. The molecule has 1 unspecified atom stereocenters. The van der Waals surface area contributed by atoms with Crippen molar-refractivity contribution in [2.75, 3.05) is 32.1 Å². The Labute approximate surface area is 229 Å². The Kier molecular flexibility index (Phi) is 9.41. The summed E-state index contributed by atoms with van der Waals surface area (Å²) in [7, 11) is 1.64. The van der Waals surface area contributed by atoms with E-state index < -0.39 is 12.1 Å². The molecule has 2 aromatic rings. The van der Waals surface area contributed by atoms with Gasteiger partial charge in [0.25, 0.3) is 5.91 Å². The molecule has 4 rings (SSSR count). The minimum Gasteiger partial charge on any atom is -0.472 e. The number of carbonyl (C=O) groups excluding carboxylic acids is 2. The fourth-order valence-electron chi connectivity index (χ4n) is 5.01. The minimum absolute atomic E-state index is 0.176. The third-order valence-corrected chi connectivity index (χ3v) is 7.52. The molecule has 1 aromatic heterocycles. The summed E-state index contributed by atoms with van der Waals surface area (Å²) in [6.45, 7) is 4.09. The highest BCUT2D eigenvalue weighted by Gasteiger charge is 2.34. The number of aliphatic hydroxyl groups is 1. The van der Waals surface area contributed by atoms with Gasteiger partial charge in [-0.2, -0.15) is 0 Å². The smallest absolute Gasteiger partial charge is 0.321 e. The number of urea groups is 1. The predicted octanol–water partition coefficient (Wildman–Crippen LogP) is 4.54. The summed E-state index contributed by atoms with van der Waals surface area (Å²) in [6.07, 6.45) is 6.92. The van der Waals surface area contributed by atoms with Crippen LogP contribution in [-0.4, -0.2) is 70.7 Å². The summed E-state index contributed by atoms with van der Waals surface area (Å²) < 4.78 is 19.5. The summed E-state index contributed by atoms with van der Waals surface area (Å²) in [5, 5.41) is 12.6. The summed E-state index contributed by atoms with van der Waals surface area (Å²) in [4.78, 5) is 34.0. The molecule has 208 valence electrons. The molecule has 1 aromatic carbocycles. The molecule has 2 heterocycles. The minimum atomic E-state index is -0.485. The average Bonchev–Trinajstić information content (AvgIpc) is 3.45. The molecule has 1 aliphatic heterocycles. The van der Waals surface area contributed by atoms with Crippen LogP contribution in [0.25, 0.3) is 0 Å². The van der Waals surface area contributed by atoms with E-state index in [1.54, 1.807) is 31.1 Å². The number of rotatable bonds is 6. The molecule has 0 radical (unpaired) electrons. The van der Waals surface area contributed by atoms with Gasteiger partial charge in [-0.15, -0.1) is 0 Å². The van der Waals surface area contributed by atoms with Crippen molar-refractivity contribution in [1.82, 2.24) is 14.8 Å². The highest BCUT2D eigenvalue weighted by atomic mass is 19.1. The standard InChI is InChI=1S/C30H37FN4O4/c1-20-17-35(21(2)19-36)29(37)26-15-23(10-6-9-22-7-4-5-8-22)16-32-28(26)39-27(20)18-34(3)30(38)33-25-13-11-24(31)12-14-25/h11-16,20-22,27,36H,4-5,7-9,17-19H2,1-3H3,(H,33,38)/t20-,21?,27-/m0/s1. The van der Waals surface area contributed by atoms with Crippen molar-refractivity contribution in [3.05, 3.63) is 53.5 Å². The number of benzene rings is 1. The summed E-state index contributed by atoms with van der Waals surface area (Å²) in [6, 6.07) is 6.45. The maximum absolute atomic E-state index is 13.6. The van der Waals surface area contributed by atoms with E-state index in [2.05, 4.69) is 22.1 Å². The van der Waals surface area contributed by atoms with Crippen LogP contribution in [0.3, 0.4) is 0 Å². The van der Waals surface area contributed by atoms with Crippen molar-refractivity contribution < 1.29 is 23.8 Å². The van der Waals surface area contributed by atoms with Gasteiger partial charge in [-0.3, -0.25) is 4.79 Å². The third kappa shape index (κ3) is 7.27. The Morgan fingerprint density at radius 1 is 1.31 bits per heavy atom. The van der Waals surface area contributed by atoms with E-state index in [0.29, 0.717) is 29.3 Å². The second-order valence-corrected chi connectivity index (χ2v) is 10.7. The third-order valence-electron chi connectivity index (χ3n) is 7.52. The number of hydrogen-bond acceptors (Lipinski definition) is 5. The summed E-state index contributed by atoms with van der Waals surface area (Å²) in [5.74, 6) is 6.39. The normalized spacial score (nSPS) is 20.1. The van der Waals surface area contributed by atoms with Gasteiger partial charge in [0.15, 0.2) is 0 Å². The number of carbonyl (C=O) groups is 2. The molecule has 3 atom stereocenters.